The third-order valence-electron chi connectivity index (χ3n) is 4.42. The number of piperazine rings is 1. The monoisotopic (exact) mass is 287 g/mol. The first kappa shape index (κ1) is 14.1. The van der Waals surface area contributed by atoms with Crippen molar-refractivity contribution in [2.75, 3.05) is 38.2 Å². The molecule has 1 atom stereocenters. The number of anilines is 1. The molecule has 0 amide bonds. The first-order valence-corrected chi connectivity index (χ1v) is 7.29. The summed E-state index contributed by atoms with van der Waals surface area (Å²) in [5.41, 5.74) is 1.05. The van der Waals surface area contributed by atoms with E-state index in [1.165, 1.54) is 0 Å². The molecule has 1 aliphatic rings. The van der Waals surface area contributed by atoms with Crippen molar-refractivity contribution in [1.82, 2.24) is 9.88 Å². The van der Waals surface area contributed by atoms with Gasteiger partial charge in [0.15, 0.2) is 0 Å². The molecule has 1 saturated heterocycles. The van der Waals surface area contributed by atoms with Crippen LogP contribution in [0.3, 0.4) is 0 Å². The number of hydrogen-bond donors (Lipinski definition) is 2. The standard InChI is InChI=1S/C16H21N3O2/c1-11-4-3-5-13-14(11)8-15(17-16(13)21)19-7-6-18(2)12(9-19)10-20/h3-5,8,12,20H,6-7,9-10H2,1-2H3,(H,17,21)/t12-/m0/s1. The second kappa shape index (κ2) is 5.50. The molecule has 0 unspecified atom stereocenters. The highest BCUT2D eigenvalue weighted by molar-refractivity contribution is 5.86. The molecular formula is C16H21N3O2. The number of nitrogens with one attached hydrogen (secondary N) is 1. The SMILES string of the molecule is Cc1cccc2c(=O)[nH]c(N3CCN(C)[C@H](CO)C3)cc12. The molecule has 1 fully saturated rings. The van der Waals surface area contributed by atoms with Crippen molar-refractivity contribution in [2.45, 2.75) is 13.0 Å². The number of aromatic nitrogens is 1. The predicted molar refractivity (Wildman–Crippen MR) is 85.0 cm³/mol. The van der Waals surface area contributed by atoms with E-state index in [-0.39, 0.29) is 18.2 Å². The number of hydrogen-bond acceptors (Lipinski definition) is 4. The largest absolute Gasteiger partial charge is 0.395 e. The van der Waals surface area contributed by atoms with Gasteiger partial charge in [0.05, 0.1) is 12.6 Å². The van der Waals surface area contributed by atoms with Gasteiger partial charge in [0.1, 0.15) is 5.82 Å². The Hall–Kier alpha value is -1.85. The van der Waals surface area contributed by atoms with Gasteiger partial charge in [-0.1, -0.05) is 12.1 Å². The van der Waals surface area contributed by atoms with Gasteiger partial charge in [0.25, 0.3) is 5.56 Å². The molecule has 0 spiro atoms. The van der Waals surface area contributed by atoms with Crippen LogP contribution in [0.4, 0.5) is 5.82 Å². The fourth-order valence-corrected chi connectivity index (χ4v) is 2.96. The van der Waals surface area contributed by atoms with Crippen LogP contribution < -0.4 is 10.5 Å². The number of fused-ring (bicyclic) bond motifs is 1. The quantitative estimate of drug-likeness (QED) is 0.863. The van der Waals surface area contributed by atoms with Gasteiger partial charge in [-0.3, -0.25) is 9.69 Å². The summed E-state index contributed by atoms with van der Waals surface area (Å²) in [4.78, 5) is 19.5. The van der Waals surface area contributed by atoms with E-state index < -0.39 is 0 Å². The molecule has 1 aromatic carbocycles. The summed E-state index contributed by atoms with van der Waals surface area (Å²) in [6, 6.07) is 7.93. The lowest BCUT2D eigenvalue weighted by molar-refractivity contribution is 0.135. The Labute approximate surface area is 123 Å². The molecule has 0 saturated carbocycles. The Morgan fingerprint density at radius 1 is 1.33 bits per heavy atom. The minimum atomic E-state index is -0.0503. The van der Waals surface area contributed by atoms with Gasteiger partial charge >= 0.3 is 0 Å². The van der Waals surface area contributed by atoms with E-state index in [9.17, 15) is 9.90 Å². The second-order valence-electron chi connectivity index (χ2n) is 5.78. The first-order valence-electron chi connectivity index (χ1n) is 7.29. The van der Waals surface area contributed by atoms with Crippen LogP contribution in [0.5, 0.6) is 0 Å². The lowest BCUT2D eigenvalue weighted by atomic mass is 10.1. The van der Waals surface area contributed by atoms with Crippen LogP contribution in [-0.4, -0.2) is 54.3 Å². The van der Waals surface area contributed by atoms with Crippen molar-refractivity contribution in [2.24, 2.45) is 0 Å². The summed E-state index contributed by atoms with van der Waals surface area (Å²) in [5.74, 6) is 0.841. The van der Waals surface area contributed by atoms with Crippen LogP contribution in [0.25, 0.3) is 10.8 Å². The molecule has 0 aliphatic carbocycles. The Bertz CT molecular complexity index is 710. The van der Waals surface area contributed by atoms with Gasteiger partial charge in [0.2, 0.25) is 0 Å². The molecule has 1 aliphatic heterocycles. The maximum Gasteiger partial charge on any atom is 0.257 e. The van der Waals surface area contributed by atoms with Crippen LogP contribution in [0.1, 0.15) is 5.56 Å². The van der Waals surface area contributed by atoms with Crippen LogP contribution in [-0.2, 0) is 0 Å². The van der Waals surface area contributed by atoms with Gasteiger partial charge in [-0.15, -0.1) is 0 Å². The zero-order valence-corrected chi connectivity index (χ0v) is 12.5. The van der Waals surface area contributed by atoms with Gasteiger partial charge in [-0.05, 0) is 37.1 Å². The number of rotatable bonds is 2. The van der Waals surface area contributed by atoms with Gasteiger partial charge in [-0.25, -0.2) is 0 Å². The Balaban J connectivity index is 2.01. The summed E-state index contributed by atoms with van der Waals surface area (Å²) >= 11 is 0. The van der Waals surface area contributed by atoms with Crippen LogP contribution >= 0.6 is 0 Å². The number of pyridine rings is 1. The molecule has 0 radical (unpaired) electrons. The van der Waals surface area contributed by atoms with Crippen LogP contribution in [0, 0.1) is 6.92 Å². The minimum Gasteiger partial charge on any atom is -0.395 e. The smallest absolute Gasteiger partial charge is 0.257 e. The summed E-state index contributed by atoms with van der Waals surface area (Å²) in [5, 5.41) is 11.2. The number of aryl methyl sites for hydroxylation is 1. The maximum atomic E-state index is 12.3. The molecule has 2 N–H and O–H groups in total. The number of nitrogens with zero attached hydrogens (tertiary/aromatic N) is 2. The highest BCUT2D eigenvalue weighted by Crippen LogP contribution is 2.21. The molecule has 3 rings (SSSR count). The second-order valence-corrected chi connectivity index (χ2v) is 5.78. The summed E-state index contributed by atoms with van der Waals surface area (Å²) in [7, 11) is 2.02. The number of aromatic amines is 1. The summed E-state index contributed by atoms with van der Waals surface area (Å²) < 4.78 is 0. The molecule has 1 aromatic heterocycles. The van der Waals surface area contributed by atoms with E-state index in [1.54, 1.807) is 0 Å². The molecule has 2 aromatic rings. The highest BCUT2D eigenvalue weighted by atomic mass is 16.3. The Kier molecular flexibility index (Phi) is 3.69. The number of aliphatic hydroxyl groups is 1. The van der Waals surface area contributed by atoms with Crippen molar-refractivity contribution in [3.63, 3.8) is 0 Å². The van der Waals surface area contributed by atoms with Crippen molar-refractivity contribution in [3.8, 4) is 0 Å². The summed E-state index contributed by atoms with van der Waals surface area (Å²) in [6.45, 7) is 4.59. The zero-order chi connectivity index (χ0) is 15.0. The van der Waals surface area contributed by atoms with Gasteiger partial charge in [-0.2, -0.15) is 0 Å². The normalized spacial score (nSPS) is 20.1. The van der Waals surface area contributed by atoms with E-state index in [2.05, 4.69) is 14.8 Å². The minimum absolute atomic E-state index is 0.0503. The molecule has 5 nitrogen and oxygen atoms in total. The zero-order valence-electron chi connectivity index (χ0n) is 12.5. The number of likely N-dealkylation sites (N-methyl/N-ethyl adjacent to an activating group) is 1. The van der Waals surface area contributed by atoms with Gasteiger partial charge in [0, 0.05) is 25.0 Å². The van der Waals surface area contributed by atoms with E-state index >= 15 is 0 Å². The Morgan fingerprint density at radius 2 is 2.14 bits per heavy atom. The molecule has 0 bridgehead atoms. The van der Waals surface area contributed by atoms with E-state index in [1.807, 2.05) is 38.2 Å². The van der Waals surface area contributed by atoms with Gasteiger partial charge < -0.3 is 15.0 Å². The van der Waals surface area contributed by atoms with Crippen LogP contribution in [0.15, 0.2) is 29.1 Å². The fourth-order valence-electron chi connectivity index (χ4n) is 2.96. The average Bonchev–Trinajstić information content (AvgIpc) is 2.48. The summed E-state index contributed by atoms with van der Waals surface area (Å²) in [6.07, 6.45) is 0. The van der Waals surface area contributed by atoms with E-state index in [0.29, 0.717) is 0 Å². The number of H-pyrrole nitrogens is 1. The predicted octanol–water partition coefficient (Wildman–Crippen LogP) is 0.949. The topological polar surface area (TPSA) is 59.6 Å². The fraction of sp³-hybridized carbons (Fsp3) is 0.438. The average molecular weight is 287 g/mol. The van der Waals surface area contributed by atoms with Crippen LogP contribution in [0.2, 0.25) is 0 Å². The van der Waals surface area contributed by atoms with Crippen molar-refractivity contribution < 1.29 is 5.11 Å². The van der Waals surface area contributed by atoms with Crippen molar-refractivity contribution >= 4 is 16.6 Å². The van der Waals surface area contributed by atoms with E-state index in [0.717, 1.165) is 41.8 Å². The third kappa shape index (κ3) is 2.54. The highest BCUT2D eigenvalue weighted by Gasteiger charge is 2.24. The molecule has 112 valence electrons. The first-order chi connectivity index (χ1) is 10.1. The van der Waals surface area contributed by atoms with E-state index in [4.69, 9.17) is 0 Å². The van der Waals surface area contributed by atoms with Crippen molar-refractivity contribution in [3.05, 3.63) is 40.2 Å². The maximum absolute atomic E-state index is 12.3. The number of aliphatic hydroxyl groups excluding tert-OH is 1. The number of benzene rings is 1. The molecule has 21 heavy (non-hydrogen) atoms. The lowest BCUT2D eigenvalue weighted by Gasteiger charge is -2.39. The van der Waals surface area contributed by atoms with Crippen molar-refractivity contribution in [1.29, 1.82) is 0 Å². The third-order valence-corrected chi connectivity index (χ3v) is 4.42. The Morgan fingerprint density at radius 3 is 2.90 bits per heavy atom. The molecule has 5 heteroatoms. The molecular weight excluding hydrogens is 266 g/mol. The lowest BCUT2D eigenvalue weighted by Crippen LogP contribution is -2.53. The molecule has 2 heterocycles.